The second-order valence-electron chi connectivity index (χ2n) is 8.03. The van der Waals surface area contributed by atoms with Gasteiger partial charge < -0.3 is 10.6 Å². The van der Waals surface area contributed by atoms with Gasteiger partial charge >= 0.3 is 0 Å². The summed E-state index contributed by atoms with van der Waals surface area (Å²) in [6, 6.07) is 17.2. The quantitative estimate of drug-likeness (QED) is 0.507. The minimum atomic E-state index is -0.318. The van der Waals surface area contributed by atoms with Crippen molar-refractivity contribution in [1.29, 1.82) is 0 Å². The number of carbonyl (C=O) groups is 2. The highest BCUT2D eigenvalue weighted by molar-refractivity contribution is 7.13. The molecule has 2 aromatic carbocycles. The molecule has 1 unspecified atom stereocenters. The van der Waals surface area contributed by atoms with E-state index in [-0.39, 0.29) is 17.9 Å². The van der Waals surface area contributed by atoms with Crippen LogP contribution < -0.4 is 10.6 Å². The van der Waals surface area contributed by atoms with E-state index in [0.717, 1.165) is 24.3 Å². The van der Waals surface area contributed by atoms with Crippen molar-refractivity contribution in [2.75, 3.05) is 5.32 Å². The monoisotopic (exact) mass is 436 g/mol. The second kappa shape index (κ2) is 10.8. The maximum absolute atomic E-state index is 12.6. The summed E-state index contributed by atoms with van der Waals surface area (Å²) in [5.41, 5.74) is 2.30. The van der Waals surface area contributed by atoms with Gasteiger partial charge in [-0.25, -0.2) is 0 Å². The average molecular weight is 437 g/mol. The molecule has 0 saturated heterocycles. The summed E-state index contributed by atoms with van der Waals surface area (Å²) >= 11 is 1.30. The maximum Gasteiger partial charge on any atom is 0.286 e. The van der Waals surface area contributed by atoms with E-state index in [1.54, 1.807) is 24.3 Å². The van der Waals surface area contributed by atoms with Crippen LogP contribution in [0.4, 0.5) is 5.69 Å². The van der Waals surface area contributed by atoms with E-state index in [0.29, 0.717) is 22.2 Å². The lowest BCUT2D eigenvalue weighted by Crippen LogP contribution is -2.32. The standard InChI is InChI=1S/C24H28N4O2S/c1-16(2)14-21-27-28-24(31-21)23(30)26-20-11-7-10-19(15-20)22(29)25-17(3)12-13-18-8-5-4-6-9-18/h4-11,15-17H,12-14H2,1-3H3,(H,25,29)(H,26,30). The largest absolute Gasteiger partial charge is 0.350 e. The Morgan fingerprint density at radius 1 is 0.968 bits per heavy atom. The van der Waals surface area contributed by atoms with Crippen molar-refractivity contribution in [1.82, 2.24) is 15.5 Å². The van der Waals surface area contributed by atoms with Crippen LogP contribution in [-0.4, -0.2) is 28.1 Å². The van der Waals surface area contributed by atoms with Gasteiger partial charge in [0.2, 0.25) is 5.01 Å². The third kappa shape index (κ3) is 7.00. The predicted octanol–water partition coefficient (Wildman–Crippen LogP) is 4.74. The molecular formula is C24H28N4O2S. The van der Waals surface area contributed by atoms with E-state index in [9.17, 15) is 9.59 Å². The number of carbonyl (C=O) groups excluding carboxylic acids is 2. The Morgan fingerprint density at radius 3 is 2.48 bits per heavy atom. The molecule has 0 fully saturated rings. The summed E-state index contributed by atoms with van der Waals surface area (Å²) in [6.07, 6.45) is 2.55. The average Bonchev–Trinajstić information content (AvgIpc) is 3.21. The van der Waals surface area contributed by atoms with Gasteiger partial charge in [0.1, 0.15) is 5.01 Å². The number of nitrogens with one attached hydrogen (secondary N) is 2. The Labute approximate surface area is 187 Å². The lowest BCUT2D eigenvalue weighted by Gasteiger charge is -2.14. The van der Waals surface area contributed by atoms with Gasteiger partial charge in [-0.2, -0.15) is 0 Å². The van der Waals surface area contributed by atoms with Gasteiger partial charge in [0.25, 0.3) is 11.8 Å². The highest BCUT2D eigenvalue weighted by Gasteiger charge is 2.15. The molecule has 2 N–H and O–H groups in total. The Kier molecular flexibility index (Phi) is 7.89. The van der Waals surface area contributed by atoms with Gasteiger partial charge in [-0.1, -0.05) is 61.6 Å². The van der Waals surface area contributed by atoms with Crippen molar-refractivity contribution >= 4 is 28.8 Å². The minimum absolute atomic E-state index is 0.0340. The summed E-state index contributed by atoms with van der Waals surface area (Å²) in [6.45, 7) is 6.19. The zero-order valence-electron chi connectivity index (χ0n) is 18.1. The van der Waals surface area contributed by atoms with Crippen LogP contribution in [0.15, 0.2) is 54.6 Å². The molecule has 162 valence electrons. The number of benzene rings is 2. The summed E-state index contributed by atoms with van der Waals surface area (Å²) in [4.78, 5) is 25.1. The first-order valence-electron chi connectivity index (χ1n) is 10.5. The van der Waals surface area contributed by atoms with Crippen LogP contribution in [0.2, 0.25) is 0 Å². The summed E-state index contributed by atoms with van der Waals surface area (Å²) in [5, 5.41) is 15.1. The van der Waals surface area contributed by atoms with E-state index in [1.807, 2.05) is 25.1 Å². The molecule has 6 nitrogen and oxygen atoms in total. The minimum Gasteiger partial charge on any atom is -0.350 e. The van der Waals surface area contributed by atoms with Gasteiger partial charge in [0.05, 0.1) is 0 Å². The summed E-state index contributed by atoms with van der Waals surface area (Å²) < 4.78 is 0. The topological polar surface area (TPSA) is 84.0 Å². The first kappa shape index (κ1) is 22.6. The molecule has 1 atom stereocenters. The normalized spacial score (nSPS) is 11.9. The van der Waals surface area contributed by atoms with Crippen molar-refractivity contribution in [3.8, 4) is 0 Å². The fraction of sp³-hybridized carbons (Fsp3) is 0.333. The number of aromatic nitrogens is 2. The fourth-order valence-corrected chi connectivity index (χ4v) is 4.05. The van der Waals surface area contributed by atoms with Crippen molar-refractivity contribution in [2.24, 2.45) is 5.92 Å². The Bertz CT molecular complexity index is 1020. The molecule has 0 spiro atoms. The van der Waals surface area contributed by atoms with Crippen LogP contribution in [0.1, 0.15) is 57.9 Å². The number of hydrogen-bond donors (Lipinski definition) is 2. The molecule has 0 aliphatic rings. The van der Waals surface area contributed by atoms with E-state index in [1.165, 1.54) is 16.9 Å². The molecule has 1 heterocycles. The number of anilines is 1. The van der Waals surface area contributed by atoms with E-state index >= 15 is 0 Å². The SMILES string of the molecule is CC(C)Cc1nnc(C(=O)Nc2cccc(C(=O)NC(C)CCc3ccccc3)c2)s1. The first-order chi connectivity index (χ1) is 14.9. The Hall–Kier alpha value is -3.06. The number of rotatable bonds is 9. The van der Waals surface area contributed by atoms with E-state index in [4.69, 9.17) is 0 Å². The number of nitrogens with zero attached hydrogens (tertiary/aromatic N) is 2. The third-order valence-electron chi connectivity index (χ3n) is 4.71. The molecule has 0 saturated carbocycles. The highest BCUT2D eigenvalue weighted by Crippen LogP contribution is 2.17. The maximum atomic E-state index is 12.6. The van der Waals surface area contributed by atoms with Crippen LogP contribution >= 0.6 is 11.3 Å². The first-order valence-corrected chi connectivity index (χ1v) is 11.3. The van der Waals surface area contributed by atoms with Crippen molar-refractivity contribution < 1.29 is 9.59 Å². The summed E-state index contributed by atoms with van der Waals surface area (Å²) in [5.74, 6) is -0.0257. The molecule has 0 bridgehead atoms. The van der Waals surface area contributed by atoms with Gasteiger partial charge in [0.15, 0.2) is 0 Å². The molecule has 7 heteroatoms. The Morgan fingerprint density at radius 2 is 1.74 bits per heavy atom. The van der Waals surface area contributed by atoms with Crippen molar-refractivity contribution in [3.05, 3.63) is 75.7 Å². The van der Waals surface area contributed by atoms with Gasteiger partial charge in [-0.15, -0.1) is 10.2 Å². The van der Waals surface area contributed by atoms with Gasteiger partial charge in [-0.05, 0) is 49.4 Å². The molecule has 0 aliphatic heterocycles. The zero-order chi connectivity index (χ0) is 22.2. The number of amides is 2. The van der Waals surface area contributed by atoms with Crippen LogP contribution in [0.3, 0.4) is 0 Å². The van der Waals surface area contributed by atoms with Crippen LogP contribution in [0.25, 0.3) is 0 Å². The molecule has 2 amide bonds. The second-order valence-corrected chi connectivity index (χ2v) is 9.09. The molecular weight excluding hydrogens is 408 g/mol. The van der Waals surface area contributed by atoms with E-state index in [2.05, 4.69) is 46.8 Å². The lowest BCUT2D eigenvalue weighted by atomic mass is 10.1. The molecule has 3 aromatic rings. The van der Waals surface area contributed by atoms with Crippen LogP contribution in [-0.2, 0) is 12.8 Å². The highest BCUT2D eigenvalue weighted by atomic mass is 32.1. The van der Waals surface area contributed by atoms with Crippen molar-refractivity contribution in [2.45, 2.75) is 46.1 Å². The summed E-state index contributed by atoms with van der Waals surface area (Å²) in [7, 11) is 0. The fourth-order valence-electron chi connectivity index (χ4n) is 3.11. The Balaban J connectivity index is 1.55. The van der Waals surface area contributed by atoms with Crippen molar-refractivity contribution in [3.63, 3.8) is 0 Å². The predicted molar refractivity (Wildman–Crippen MR) is 125 cm³/mol. The molecule has 31 heavy (non-hydrogen) atoms. The number of hydrogen-bond acceptors (Lipinski definition) is 5. The van der Waals surface area contributed by atoms with Crippen LogP contribution in [0.5, 0.6) is 0 Å². The third-order valence-corrected chi connectivity index (χ3v) is 5.66. The van der Waals surface area contributed by atoms with E-state index < -0.39 is 0 Å². The molecule has 0 radical (unpaired) electrons. The van der Waals surface area contributed by atoms with Gasteiger partial charge in [0, 0.05) is 23.7 Å². The molecule has 1 aromatic heterocycles. The molecule has 0 aliphatic carbocycles. The van der Waals surface area contributed by atoms with Gasteiger partial charge in [-0.3, -0.25) is 9.59 Å². The number of aryl methyl sites for hydroxylation is 1. The molecule has 3 rings (SSSR count). The lowest BCUT2D eigenvalue weighted by molar-refractivity contribution is 0.0937. The smallest absolute Gasteiger partial charge is 0.286 e. The zero-order valence-corrected chi connectivity index (χ0v) is 18.9. The van der Waals surface area contributed by atoms with Crippen LogP contribution in [0, 0.1) is 5.92 Å².